The van der Waals surface area contributed by atoms with Crippen LogP contribution in [-0.4, -0.2) is 73.1 Å². The van der Waals surface area contributed by atoms with Crippen molar-refractivity contribution in [1.82, 2.24) is 9.80 Å². The molecule has 1 aliphatic heterocycles. The van der Waals surface area contributed by atoms with Crippen molar-refractivity contribution in [2.45, 2.75) is 46.3 Å². The van der Waals surface area contributed by atoms with Crippen molar-refractivity contribution in [1.29, 1.82) is 0 Å². The number of ether oxygens (including phenoxy) is 3. The third-order valence-electron chi connectivity index (χ3n) is 5.93. The predicted molar refractivity (Wildman–Crippen MR) is 143 cm³/mol. The maximum atomic E-state index is 13.3. The molecule has 1 fully saturated rings. The normalized spacial score (nSPS) is 17.1. The molecule has 8 heteroatoms. The van der Waals surface area contributed by atoms with Crippen LogP contribution in [-0.2, 0) is 9.59 Å². The standard InChI is InChI=1S/C29H38N2O6/c1-7-35-23-15-12-21(18-24(23)36-8-2)26-25(28(33)29(34)31(26)17-9-16-30(5)6)27(32)20-10-13-22(14-11-20)37-19(3)4/h10-15,18-19,26,32H,7-9,16-17H2,1-6H3/t26-/m1/s1. The SMILES string of the molecule is CCOc1ccc([C@@H]2C(=C(O)c3ccc(OC(C)C)cc3)C(=O)C(=O)N2CCCN(C)C)cc1OCC. The van der Waals surface area contributed by atoms with E-state index < -0.39 is 17.7 Å². The molecular weight excluding hydrogens is 472 g/mol. The molecule has 8 nitrogen and oxygen atoms in total. The van der Waals surface area contributed by atoms with Gasteiger partial charge in [-0.15, -0.1) is 0 Å². The van der Waals surface area contributed by atoms with Crippen LogP contribution in [0.3, 0.4) is 0 Å². The Morgan fingerprint density at radius 1 is 1.00 bits per heavy atom. The third kappa shape index (κ3) is 6.63. The summed E-state index contributed by atoms with van der Waals surface area (Å²) >= 11 is 0. The molecule has 200 valence electrons. The van der Waals surface area contributed by atoms with Gasteiger partial charge in [-0.1, -0.05) is 6.07 Å². The van der Waals surface area contributed by atoms with E-state index in [1.807, 2.05) is 52.8 Å². The number of rotatable bonds is 12. The summed E-state index contributed by atoms with van der Waals surface area (Å²) in [5.41, 5.74) is 1.15. The number of amides is 1. The van der Waals surface area contributed by atoms with Gasteiger partial charge in [0, 0.05) is 12.1 Å². The van der Waals surface area contributed by atoms with E-state index >= 15 is 0 Å². The minimum Gasteiger partial charge on any atom is -0.507 e. The fourth-order valence-corrected chi connectivity index (χ4v) is 4.37. The highest BCUT2D eigenvalue weighted by Gasteiger charge is 2.46. The van der Waals surface area contributed by atoms with Crippen molar-refractivity contribution in [2.24, 2.45) is 0 Å². The second kappa shape index (κ2) is 12.6. The molecule has 0 spiro atoms. The molecule has 0 saturated carbocycles. The summed E-state index contributed by atoms with van der Waals surface area (Å²) < 4.78 is 17.2. The van der Waals surface area contributed by atoms with E-state index in [2.05, 4.69) is 0 Å². The first kappa shape index (κ1) is 28.1. The molecule has 1 amide bonds. The van der Waals surface area contributed by atoms with Gasteiger partial charge in [-0.3, -0.25) is 9.59 Å². The molecule has 1 aliphatic rings. The number of carbonyl (C=O) groups is 2. The van der Waals surface area contributed by atoms with Crippen LogP contribution in [0.15, 0.2) is 48.0 Å². The number of likely N-dealkylation sites (tertiary alicyclic amines) is 1. The summed E-state index contributed by atoms with van der Waals surface area (Å²) in [5.74, 6) is 0.203. The zero-order chi connectivity index (χ0) is 27.1. The van der Waals surface area contributed by atoms with Crippen LogP contribution in [0.4, 0.5) is 0 Å². The minimum absolute atomic E-state index is 0.00568. The molecule has 1 saturated heterocycles. The predicted octanol–water partition coefficient (Wildman–Crippen LogP) is 4.64. The van der Waals surface area contributed by atoms with Crippen LogP contribution in [0.1, 0.15) is 51.3 Å². The number of hydrogen-bond donors (Lipinski definition) is 1. The second-order valence-electron chi connectivity index (χ2n) is 9.41. The quantitative estimate of drug-likeness (QED) is 0.253. The lowest BCUT2D eigenvalue weighted by Crippen LogP contribution is -2.32. The Morgan fingerprint density at radius 3 is 2.24 bits per heavy atom. The summed E-state index contributed by atoms with van der Waals surface area (Å²) in [6.45, 7) is 9.64. The number of Topliss-reactive ketones (excluding diaryl/α,β-unsaturated/α-hetero) is 1. The van der Waals surface area contributed by atoms with Gasteiger partial charge in [0.1, 0.15) is 11.5 Å². The lowest BCUT2D eigenvalue weighted by Gasteiger charge is -2.26. The Balaban J connectivity index is 2.10. The molecule has 37 heavy (non-hydrogen) atoms. The summed E-state index contributed by atoms with van der Waals surface area (Å²) in [6, 6.07) is 11.5. The van der Waals surface area contributed by atoms with Gasteiger partial charge in [0.25, 0.3) is 11.7 Å². The van der Waals surface area contributed by atoms with Crippen LogP contribution in [0.5, 0.6) is 17.2 Å². The molecule has 0 bridgehead atoms. The number of nitrogens with zero attached hydrogens (tertiary/aromatic N) is 2. The monoisotopic (exact) mass is 510 g/mol. The van der Waals surface area contributed by atoms with Crippen molar-refractivity contribution < 1.29 is 28.9 Å². The Bertz CT molecular complexity index is 1120. The lowest BCUT2D eigenvalue weighted by atomic mass is 9.95. The van der Waals surface area contributed by atoms with E-state index in [9.17, 15) is 14.7 Å². The number of hydrogen-bond acceptors (Lipinski definition) is 7. The highest BCUT2D eigenvalue weighted by atomic mass is 16.5. The summed E-state index contributed by atoms with van der Waals surface area (Å²) in [4.78, 5) is 30.1. The molecule has 1 N–H and O–H groups in total. The molecule has 0 aliphatic carbocycles. The van der Waals surface area contributed by atoms with Crippen LogP contribution in [0.25, 0.3) is 5.76 Å². The van der Waals surface area contributed by atoms with E-state index in [1.165, 1.54) is 0 Å². The molecule has 1 atom stereocenters. The largest absolute Gasteiger partial charge is 0.507 e. The molecule has 0 unspecified atom stereocenters. The van der Waals surface area contributed by atoms with Gasteiger partial charge in [-0.05, 0) is 96.7 Å². The molecule has 2 aromatic rings. The van der Waals surface area contributed by atoms with Gasteiger partial charge in [0.05, 0.1) is 30.9 Å². The number of aliphatic hydroxyl groups excluding tert-OH is 1. The zero-order valence-electron chi connectivity index (χ0n) is 22.6. The Labute approximate surface area is 219 Å². The van der Waals surface area contributed by atoms with Gasteiger partial charge >= 0.3 is 0 Å². The van der Waals surface area contributed by atoms with Crippen LogP contribution in [0, 0.1) is 0 Å². The highest BCUT2D eigenvalue weighted by molar-refractivity contribution is 6.46. The average molecular weight is 511 g/mol. The van der Waals surface area contributed by atoms with Crippen molar-refractivity contribution in [2.75, 3.05) is 40.4 Å². The van der Waals surface area contributed by atoms with Gasteiger partial charge in [0.15, 0.2) is 11.5 Å². The molecule has 2 aromatic carbocycles. The number of benzene rings is 2. The Kier molecular flexibility index (Phi) is 9.58. The number of aliphatic hydroxyl groups is 1. The summed E-state index contributed by atoms with van der Waals surface area (Å²) in [6.07, 6.45) is 0.679. The maximum Gasteiger partial charge on any atom is 0.295 e. The van der Waals surface area contributed by atoms with Gasteiger partial charge in [-0.25, -0.2) is 0 Å². The first-order valence-corrected chi connectivity index (χ1v) is 12.8. The smallest absolute Gasteiger partial charge is 0.295 e. The van der Waals surface area contributed by atoms with Gasteiger partial charge in [0.2, 0.25) is 0 Å². The fraction of sp³-hybridized carbons (Fsp3) is 0.448. The topological polar surface area (TPSA) is 88.5 Å². The first-order chi connectivity index (χ1) is 17.7. The molecule has 1 heterocycles. The van der Waals surface area contributed by atoms with E-state index in [-0.39, 0.29) is 17.4 Å². The minimum atomic E-state index is -0.761. The number of ketones is 1. The Hall–Kier alpha value is -3.52. The molecule has 3 rings (SSSR count). The van der Waals surface area contributed by atoms with Crippen molar-refractivity contribution in [3.8, 4) is 17.2 Å². The third-order valence-corrected chi connectivity index (χ3v) is 5.93. The molecule has 0 radical (unpaired) electrons. The second-order valence-corrected chi connectivity index (χ2v) is 9.41. The Morgan fingerprint density at radius 2 is 1.65 bits per heavy atom. The van der Waals surface area contributed by atoms with Crippen LogP contribution in [0.2, 0.25) is 0 Å². The zero-order valence-corrected chi connectivity index (χ0v) is 22.6. The molecular formula is C29H38N2O6. The van der Waals surface area contributed by atoms with E-state index in [1.54, 1.807) is 41.3 Å². The van der Waals surface area contributed by atoms with E-state index in [4.69, 9.17) is 14.2 Å². The summed E-state index contributed by atoms with van der Waals surface area (Å²) in [5, 5.41) is 11.3. The van der Waals surface area contributed by atoms with E-state index in [0.29, 0.717) is 54.6 Å². The van der Waals surface area contributed by atoms with Crippen molar-refractivity contribution in [3.63, 3.8) is 0 Å². The summed E-state index contributed by atoms with van der Waals surface area (Å²) in [7, 11) is 3.91. The van der Waals surface area contributed by atoms with Crippen molar-refractivity contribution in [3.05, 3.63) is 59.2 Å². The van der Waals surface area contributed by atoms with E-state index in [0.717, 1.165) is 6.54 Å². The fourth-order valence-electron chi connectivity index (χ4n) is 4.37. The lowest BCUT2D eigenvalue weighted by molar-refractivity contribution is -0.139. The van der Waals surface area contributed by atoms with Gasteiger partial charge in [-0.2, -0.15) is 0 Å². The maximum absolute atomic E-state index is 13.3. The molecule has 0 aromatic heterocycles. The van der Waals surface area contributed by atoms with Gasteiger partial charge < -0.3 is 29.1 Å². The van der Waals surface area contributed by atoms with Crippen LogP contribution < -0.4 is 14.2 Å². The van der Waals surface area contributed by atoms with Crippen molar-refractivity contribution >= 4 is 17.4 Å². The van der Waals surface area contributed by atoms with Crippen LogP contribution >= 0.6 is 0 Å². The highest BCUT2D eigenvalue weighted by Crippen LogP contribution is 2.42. The first-order valence-electron chi connectivity index (χ1n) is 12.8. The average Bonchev–Trinajstić information content (AvgIpc) is 3.10. The number of carbonyl (C=O) groups excluding carboxylic acids is 2.